The molecule has 0 aliphatic carbocycles. The van der Waals surface area contributed by atoms with E-state index in [9.17, 15) is 38.4 Å². The minimum atomic E-state index is -0.483. The lowest BCUT2D eigenvalue weighted by molar-refractivity contribution is -0.127. The second kappa shape index (κ2) is 33.3. The summed E-state index contributed by atoms with van der Waals surface area (Å²) in [5, 5.41) is 15.3. The number of nitrogens with one attached hydrogen (secondary N) is 6. The van der Waals surface area contributed by atoms with Crippen molar-refractivity contribution in [2.75, 3.05) is 0 Å². The van der Waals surface area contributed by atoms with Crippen LogP contribution in [0.1, 0.15) is 148 Å². The van der Waals surface area contributed by atoms with E-state index in [0.717, 1.165) is 89.7 Å². The maximum absolute atomic E-state index is 12.9. The number of fused-ring (bicyclic) bond motifs is 8. The van der Waals surface area contributed by atoms with Gasteiger partial charge in [0, 0.05) is 80.4 Å². The Balaban J connectivity index is 0.000000116. The van der Waals surface area contributed by atoms with Gasteiger partial charge in [0.2, 0.25) is 23.6 Å². The number of aromatic amines is 1. The van der Waals surface area contributed by atoms with Crippen LogP contribution in [-0.2, 0) is 84.9 Å². The summed E-state index contributed by atoms with van der Waals surface area (Å²) in [6, 6.07) is 47.9. The Kier molecular flexibility index (Phi) is 22.1. The molecule has 20 rings (SSSR count). The third kappa shape index (κ3) is 16.1. The number of H-pyrrole nitrogens is 1. The number of benzene rings is 8. The largest absolute Gasteiger partial charge is 0.489 e. The molecule has 28 heteroatoms. The van der Waals surface area contributed by atoms with Gasteiger partial charge in [-0.1, -0.05) is 99.1 Å². The molecule has 117 heavy (non-hydrogen) atoms. The first kappa shape index (κ1) is 77.7. The van der Waals surface area contributed by atoms with Gasteiger partial charge >= 0.3 is 0 Å². The lowest BCUT2D eigenvalue weighted by Gasteiger charge is -2.31. The number of allylic oxidation sites excluding steroid dienone is 4. The van der Waals surface area contributed by atoms with Gasteiger partial charge in [0.1, 0.15) is 89.9 Å². The summed E-state index contributed by atoms with van der Waals surface area (Å²) in [6.45, 7) is 19.9. The molecule has 9 aliphatic heterocycles. The Bertz CT molecular complexity index is 5510. The monoisotopic (exact) mass is 1610 g/mol. The fourth-order valence-corrected chi connectivity index (χ4v) is 17.1. The van der Waals surface area contributed by atoms with Crippen molar-refractivity contribution in [3.8, 4) is 23.0 Å². The zero-order valence-electron chi connectivity index (χ0n) is 63.7. The Morgan fingerprint density at radius 3 is 1.28 bits per heavy atom. The molecule has 6 N–H and O–H groups in total. The number of amides is 8. The van der Waals surface area contributed by atoms with Crippen LogP contribution in [0.25, 0.3) is 32.3 Å². The van der Waals surface area contributed by atoms with Crippen molar-refractivity contribution in [1.29, 1.82) is 0 Å². The number of aromatic nitrogens is 4. The van der Waals surface area contributed by atoms with Crippen LogP contribution >= 0.6 is 23.7 Å². The molecule has 0 spiro atoms. The lowest BCUT2D eigenvalue weighted by Crippen LogP contribution is -2.49. The van der Waals surface area contributed by atoms with Crippen molar-refractivity contribution >= 4 is 103 Å². The first-order valence-corrected chi connectivity index (χ1v) is 39.3. The SMILES string of the molecule is C=C1CCC(N2Cc3c(OCc4ccc5c(c4)CNC5)cccc3C2=O)C(=O)N1.C=C1CCC(N2Cc3c(OCc4ccc5ocnc5c4)cccc3C2=O)C(=O)N1.C=C1CCC(N2Cc3c(OCc4nc5ccccc5[nH]4)cccc3C2=O)C(=O)N1.C=C1CCC(N2Cc3c(OCc4nc5ccccc5s4)cccc3C2=O)C(=O)N1.Cl. The summed E-state index contributed by atoms with van der Waals surface area (Å²) in [6.07, 6.45) is 6.48. The molecular formula is C89H82ClN13O13S. The minimum absolute atomic E-state index is 0. The summed E-state index contributed by atoms with van der Waals surface area (Å²) >= 11 is 1.60. The van der Waals surface area contributed by atoms with Gasteiger partial charge in [-0.3, -0.25) is 38.4 Å². The van der Waals surface area contributed by atoms with Crippen molar-refractivity contribution in [3.63, 3.8) is 0 Å². The fourth-order valence-electron chi connectivity index (χ4n) is 16.2. The number of oxazole rings is 1. The molecular weight excluding hydrogens is 1530 g/mol. The average Bonchev–Trinajstić information content (AvgIpc) is 1.64. The highest BCUT2D eigenvalue weighted by molar-refractivity contribution is 7.18. The Morgan fingerprint density at radius 2 is 0.829 bits per heavy atom. The maximum Gasteiger partial charge on any atom is 0.255 e. The molecule has 12 heterocycles. The van der Waals surface area contributed by atoms with Gasteiger partial charge in [-0.05, 0) is 159 Å². The third-order valence-corrected chi connectivity index (χ3v) is 23.2. The highest BCUT2D eigenvalue weighted by Crippen LogP contribution is 2.40. The Labute approximate surface area is 682 Å². The number of carbonyl (C=O) groups is 8. The van der Waals surface area contributed by atoms with E-state index in [1.165, 1.54) is 17.5 Å². The van der Waals surface area contributed by atoms with Gasteiger partial charge in [-0.25, -0.2) is 15.0 Å². The lowest BCUT2D eigenvalue weighted by atomic mass is 10.0. The number of nitrogens with zero attached hydrogens (tertiary/aromatic N) is 7. The smallest absolute Gasteiger partial charge is 0.255 e. The predicted molar refractivity (Wildman–Crippen MR) is 438 cm³/mol. The Morgan fingerprint density at radius 1 is 0.419 bits per heavy atom. The van der Waals surface area contributed by atoms with E-state index in [1.807, 2.05) is 109 Å². The number of carbonyl (C=O) groups excluding carboxylic acids is 8. The average molecular weight is 1610 g/mol. The van der Waals surface area contributed by atoms with E-state index in [2.05, 4.69) is 91.0 Å². The quantitative estimate of drug-likeness (QED) is 0.0523. The standard InChI is InChI=1S/C23H23N3O3.C22H20N4O3.C22H19N3O4.C22H19N3O3S.ClH/c1-14-5-8-20(22(27)25-14)26-12-19-18(23(26)28)3-2-4-21(19)29-13-15-6-7-16-10-24-11-17(16)9-15;1-13-9-10-18(21(27)23-13)26-11-15-14(22(26)28)5-4-8-19(15)29-12-20-24-16-6-2-3-7-17(16)25-20;1-13-5-7-18(21(26)24-13)25-10-16-15(22(25)27)3-2-4-19(16)28-11-14-6-8-20-17(9-14)23-12-29-20;1-13-9-10-17(21(26)23-13)25-11-15-14(22(25)27)5-4-7-18(15)28-12-20-24-16-6-2-3-8-19(16)29-20;/h2-4,6-7,9,20,24H,1,5,8,10-13H2,(H,25,27);2-8,18H,1,9-12H2,(H,23,27)(H,24,25);2-4,6,8-9,12,18H,1,5,7,10-11H2,(H,24,26);2-8,17H,1,9-12H2,(H,23,26);1H. The normalized spacial score (nSPS) is 19.1. The summed E-state index contributed by atoms with van der Waals surface area (Å²) in [5.74, 6) is 2.20. The molecule has 0 saturated carbocycles. The Hall–Kier alpha value is -13.2. The summed E-state index contributed by atoms with van der Waals surface area (Å²) in [4.78, 5) is 124. The molecule has 4 fully saturated rings. The van der Waals surface area contributed by atoms with E-state index in [-0.39, 0.29) is 66.3 Å². The van der Waals surface area contributed by atoms with Crippen LogP contribution in [0.5, 0.6) is 23.0 Å². The molecule has 594 valence electrons. The van der Waals surface area contributed by atoms with E-state index < -0.39 is 24.2 Å². The molecule has 4 atom stereocenters. The number of piperidine rings is 4. The topological polar surface area (TPSA) is 314 Å². The maximum atomic E-state index is 12.9. The highest BCUT2D eigenvalue weighted by atomic mass is 35.5. The van der Waals surface area contributed by atoms with Gasteiger partial charge < -0.3 is 74.5 Å². The van der Waals surface area contributed by atoms with Crippen LogP contribution in [0.3, 0.4) is 0 Å². The number of thiazole rings is 1. The van der Waals surface area contributed by atoms with Gasteiger partial charge in [-0.2, -0.15) is 0 Å². The fraction of sp³-hybridized carbons (Fsp3) is 0.247. The van der Waals surface area contributed by atoms with Crippen molar-refractivity contribution in [2.24, 2.45) is 0 Å². The van der Waals surface area contributed by atoms with Gasteiger partial charge in [0.05, 0.1) is 47.4 Å². The first-order chi connectivity index (χ1) is 56.4. The van der Waals surface area contributed by atoms with Crippen LogP contribution in [0, 0.1) is 0 Å². The van der Waals surface area contributed by atoms with Gasteiger partial charge in [0.25, 0.3) is 23.6 Å². The molecule has 9 aliphatic rings. The molecule has 8 aromatic carbocycles. The minimum Gasteiger partial charge on any atom is -0.489 e. The van der Waals surface area contributed by atoms with E-state index in [4.69, 9.17) is 23.4 Å². The zero-order valence-corrected chi connectivity index (χ0v) is 65.3. The van der Waals surface area contributed by atoms with E-state index >= 15 is 0 Å². The molecule has 0 bridgehead atoms. The van der Waals surface area contributed by atoms with E-state index in [0.29, 0.717) is 165 Å². The molecule has 11 aromatic rings. The van der Waals surface area contributed by atoms with E-state index in [1.54, 1.807) is 61.3 Å². The van der Waals surface area contributed by atoms with Crippen molar-refractivity contribution in [2.45, 2.75) is 141 Å². The van der Waals surface area contributed by atoms with Crippen LogP contribution in [0.2, 0.25) is 0 Å². The van der Waals surface area contributed by atoms with Crippen LogP contribution in [0.15, 0.2) is 218 Å². The number of hydrogen-bond donors (Lipinski definition) is 6. The van der Waals surface area contributed by atoms with Crippen LogP contribution in [-0.4, -0.2) is 111 Å². The van der Waals surface area contributed by atoms with Gasteiger partial charge in [-0.15, -0.1) is 23.7 Å². The zero-order chi connectivity index (χ0) is 79.8. The predicted octanol–water partition coefficient (Wildman–Crippen LogP) is 12.7. The number of imidazole rings is 1. The second-order valence-corrected chi connectivity index (χ2v) is 30.9. The molecule has 8 amide bonds. The molecule has 26 nitrogen and oxygen atoms in total. The van der Waals surface area contributed by atoms with Crippen LogP contribution < -0.4 is 45.5 Å². The van der Waals surface area contributed by atoms with Crippen LogP contribution in [0.4, 0.5) is 0 Å². The molecule has 3 aromatic heterocycles. The first-order valence-electron chi connectivity index (χ1n) is 38.5. The van der Waals surface area contributed by atoms with Crippen molar-refractivity contribution in [3.05, 3.63) is 291 Å². The summed E-state index contributed by atoms with van der Waals surface area (Å²) in [5.41, 5.74) is 17.5. The number of halogens is 1. The van der Waals surface area contributed by atoms with Gasteiger partial charge in [0.15, 0.2) is 12.0 Å². The summed E-state index contributed by atoms with van der Waals surface area (Å²) in [7, 11) is 0. The third-order valence-electron chi connectivity index (χ3n) is 22.2. The molecule has 4 saturated heterocycles. The number of para-hydroxylation sites is 3. The molecule has 4 unspecified atom stereocenters. The number of ether oxygens (including phenoxy) is 4. The molecule has 0 radical (unpaired) electrons. The highest BCUT2D eigenvalue weighted by Gasteiger charge is 2.44. The second-order valence-electron chi connectivity index (χ2n) is 29.7. The van der Waals surface area contributed by atoms with Crippen molar-refractivity contribution < 1.29 is 61.7 Å². The number of rotatable bonds is 16. The summed E-state index contributed by atoms with van der Waals surface area (Å²) < 4.78 is 30.6. The van der Waals surface area contributed by atoms with Crippen molar-refractivity contribution in [1.82, 2.24) is 66.1 Å². The number of hydrogen-bond acceptors (Lipinski definition) is 18.